The van der Waals surface area contributed by atoms with Crippen LogP contribution in [-0.4, -0.2) is 43.9 Å². The smallest absolute Gasteiger partial charge is 0.264 e. The number of aliphatic hydroxyl groups is 1. The van der Waals surface area contributed by atoms with Crippen LogP contribution in [0, 0.1) is 17.8 Å². The highest BCUT2D eigenvalue weighted by Crippen LogP contribution is 2.41. The number of anilines is 1. The third-order valence-electron chi connectivity index (χ3n) is 10.2. The second-order valence-electron chi connectivity index (χ2n) is 13.6. The van der Waals surface area contributed by atoms with Gasteiger partial charge in [-0.2, -0.15) is 0 Å². The van der Waals surface area contributed by atoms with Crippen molar-refractivity contribution in [3.8, 4) is 5.75 Å². The van der Waals surface area contributed by atoms with E-state index in [1.165, 1.54) is 5.56 Å². The Morgan fingerprint density at radius 2 is 1.96 bits per heavy atom. The van der Waals surface area contributed by atoms with Gasteiger partial charge in [0, 0.05) is 23.7 Å². The van der Waals surface area contributed by atoms with E-state index in [0.29, 0.717) is 30.3 Å². The third kappa shape index (κ3) is 10.1. The zero-order chi connectivity index (χ0) is 34.7. The molecule has 1 aliphatic carbocycles. The number of unbranched alkanes of at least 4 members (excludes halogenated alkanes) is 2. The van der Waals surface area contributed by atoms with Crippen LogP contribution in [0.15, 0.2) is 61.2 Å². The molecule has 0 aromatic heterocycles. The van der Waals surface area contributed by atoms with Crippen LogP contribution in [0.5, 0.6) is 5.75 Å². The summed E-state index contributed by atoms with van der Waals surface area (Å²) in [5, 5.41) is 10.9. The van der Waals surface area contributed by atoms with Gasteiger partial charge in [-0.3, -0.25) is 4.79 Å². The number of hydrogen-bond donors (Lipinski definition) is 2. The van der Waals surface area contributed by atoms with Gasteiger partial charge in [-0.15, -0.1) is 6.58 Å². The van der Waals surface area contributed by atoms with Gasteiger partial charge in [-0.25, -0.2) is 13.1 Å². The molecule has 0 saturated heterocycles. The summed E-state index contributed by atoms with van der Waals surface area (Å²) in [6.45, 7) is 11.5. The molecule has 1 fully saturated rings. The Morgan fingerprint density at radius 1 is 1.15 bits per heavy atom. The number of aryl methyl sites for hydroxylation is 1. The molecule has 2 aromatic rings. The molecule has 2 N–H and O–H groups in total. The first kappa shape index (κ1) is 38.0. The molecule has 4 rings (SSSR count). The van der Waals surface area contributed by atoms with Crippen LogP contribution < -0.4 is 14.4 Å². The Bertz CT molecular complexity index is 1510. The molecule has 0 bridgehead atoms. The fraction of sp³-hybridized carbons (Fsp3) is 0.564. The van der Waals surface area contributed by atoms with Crippen molar-refractivity contribution >= 4 is 33.2 Å². The van der Waals surface area contributed by atoms with Crippen molar-refractivity contribution in [3.05, 3.63) is 82.9 Å². The fourth-order valence-electron chi connectivity index (χ4n) is 6.94. The number of fused-ring (bicyclic) bond motifs is 2. The molecule has 0 spiro atoms. The topological polar surface area (TPSA) is 95.9 Å². The maximum absolute atomic E-state index is 13.6. The minimum absolute atomic E-state index is 0.121. The number of halogens is 1. The Morgan fingerprint density at radius 3 is 2.67 bits per heavy atom. The van der Waals surface area contributed by atoms with Crippen molar-refractivity contribution in [2.24, 2.45) is 17.8 Å². The molecule has 1 amide bonds. The molecule has 1 heterocycles. The van der Waals surface area contributed by atoms with E-state index in [9.17, 15) is 18.3 Å². The Balaban J connectivity index is 1.63. The van der Waals surface area contributed by atoms with Gasteiger partial charge in [0.15, 0.2) is 0 Å². The van der Waals surface area contributed by atoms with Gasteiger partial charge in [-0.05, 0) is 118 Å². The predicted octanol–water partition coefficient (Wildman–Crippen LogP) is 8.64. The van der Waals surface area contributed by atoms with Crippen molar-refractivity contribution in [2.75, 3.05) is 18.0 Å². The first-order valence-corrected chi connectivity index (χ1v) is 19.8. The first-order chi connectivity index (χ1) is 23.1. The van der Waals surface area contributed by atoms with Gasteiger partial charge in [0.1, 0.15) is 12.4 Å². The molecule has 1 aliphatic heterocycles. The maximum Gasteiger partial charge on any atom is 0.264 e. The second-order valence-corrected chi connectivity index (χ2v) is 16.1. The van der Waals surface area contributed by atoms with E-state index in [1.807, 2.05) is 24.3 Å². The van der Waals surface area contributed by atoms with Crippen LogP contribution >= 0.6 is 11.6 Å². The number of carbonyl (C=O) groups excluding carboxylic acids is 1. The van der Waals surface area contributed by atoms with Gasteiger partial charge in [0.25, 0.3) is 5.91 Å². The number of allylic oxidation sites excluding steroid dienone is 2. The zero-order valence-electron chi connectivity index (χ0n) is 29.0. The van der Waals surface area contributed by atoms with E-state index >= 15 is 0 Å². The standard InChI is InChI=1S/C39H55ClN2O5S/c1-5-8-10-16-37(43)35-21-18-32(35)26-42-23-12-11-15-30-24-34(40)20-17-33(30)27-47-38-22-19-31(25-36(38)42)39(44)41-48(45,46)28(4)29(13-7-3)14-9-6-2/h7,10,16-17,19-20,22,24-25,28-29,32,35,37,43H,3,5-6,8-9,11-15,18,21,23,26-27H2,1-2,4H3,(H,41,44)/b16-10+/t28-,29+,32-,35+,37-/m0/s1. The van der Waals surface area contributed by atoms with E-state index in [2.05, 4.69) is 36.1 Å². The summed E-state index contributed by atoms with van der Waals surface area (Å²) in [5.74, 6) is 0.315. The molecule has 9 heteroatoms. The summed E-state index contributed by atoms with van der Waals surface area (Å²) in [7, 11) is -3.94. The van der Waals surface area contributed by atoms with Gasteiger partial charge in [0.2, 0.25) is 10.0 Å². The fourth-order valence-corrected chi connectivity index (χ4v) is 8.45. The number of ether oxygens (including phenoxy) is 1. The van der Waals surface area contributed by atoms with E-state index < -0.39 is 27.3 Å². The highest BCUT2D eigenvalue weighted by Gasteiger charge is 2.37. The molecule has 2 aromatic carbocycles. The summed E-state index contributed by atoms with van der Waals surface area (Å²) in [6, 6.07) is 11.1. The van der Waals surface area contributed by atoms with Gasteiger partial charge in [0.05, 0.1) is 17.0 Å². The summed E-state index contributed by atoms with van der Waals surface area (Å²) >= 11 is 6.35. The Labute approximate surface area is 293 Å². The van der Waals surface area contributed by atoms with Crippen LogP contribution in [0.1, 0.15) is 106 Å². The van der Waals surface area contributed by atoms with Crippen LogP contribution in [0.25, 0.3) is 0 Å². The molecule has 7 nitrogen and oxygen atoms in total. The number of rotatable bonds is 15. The Kier molecular flexibility index (Phi) is 14.5. The zero-order valence-corrected chi connectivity index (χ0v) is 30.6. The number of hydrogen-bond acceptors (Lipinski definition) is 6. The quantitative estimate of drug-likeness (QED) is 0.181. The lowest BCUT2D eigenvalue weighted by molar-refractivity contribution is 0.0461. The summed E-state index contributed by atoms with van der Waals surface area (Å²) in [6.07, 6.45) is 15.2. The SMILES string of the molecule is C=CC[C@H](CCCC)[C@H](C)S(=O)(=O)NC(=O)c1ccc2c(c1)N(C[C@@H]1CC[C@H]1[C@@H](O)/C=C/CCC)CCCCc1cc(Cl)ccc1CO2. The number of nitrogens with one attached hydrogen (secondary N) is 1. The van der Waals surface area contributed by atoms with Crippen molar-refractivity contribution in [2.45, 2.75) is 109 Å². The molecule has 48 heavy (non-hydrogen) atoms. The van der Waals surface area contributed by atoms with Crippen molar-refractivity contribution in [3.63, 3.8) is 0 Å². The number of sulfonamides is 1. The van der Waals surface area contributed by atoms with E-state index in [1.54, 1.807) is 31.2 Å². The number of aliphatic hydroxyl groups excluding tert-OH is 1. The lowest BCUT2D eigenvalue weighted by Gasteiger charge is -2.42. The Hall–Kier alpha value is -2.81. The molecular weight excluding hydrogens is 644 g/mol. The number of nitrogens with zero attached hydrogens (tertiary/aromatic N) is 1. The molecule has 2 aliphatic rings. The second kappa shape index (κ2) is 18.3. The lowest BCUT2D eigenvalue weighted by Crippen LogP contribution is -2.43. The first-order valence-electron chi connectivity index (χ1n) is 17.9. The molecule has 1 saturated carbocycles. The largest absolute Gasteiger partial charge is 0.487 e. The molecule has 264 valence electrons. The summed E-state index contributed by atoms with van der Waals surface area (Å²) in [4.78, 5) is 15.9. The number of benzene rings is 2. The van der Waals surface area contributed by atoms with Gasteiger partial charge >= 0.3 is 0 Å². The van der Waals surface area contributed by atoms with Crippen molar-refractivity contribution < 1.29 is 23.1 Å². The molecular formula is C39H55ClN2O5S. The van der Waals surface area contributed by atoms with Crippen LogP contribution in [-0.2, 0) is 23.1 Å². The highest BCUT2D eigenvalue weighted by atomic mass is 35.5. The number of carbonyl (C=O) groups is 1. The normalized spacial score (nSPS) is 20.3. The number of amides is 1. The molecule has 5 atom stereocenters. The average Bonchev–Trinajstić information content (AvgIpc) is 3.07. The minimum Gasteiger partial charge on any atom is -0.487 e. The minimum atomic E-state index is -3.94. The van der Waals surface area contributed by atoms with E-state index in [0.717, 1.165) is 82.0 Å². The van der Waals surface area contributed by atoms with E-state index in [4.69, 9.17) is 16.3 Å². The van der Waals surface area contributed by atoms with Gasteiger partial charge < -0.3 is 14.7 Å². The third-order valence-corrected chi connectivity index (χ3v) is 12.3. The molecule has 0 radical (unpaired) electrons. The van der Waals surface area contributed by atoms with E-state index in [-0.39, 0.29) is 23.3 Å². The van der Waals surface area contributed by atoms with Crippen molar-refractivity contribution in [1.29, 1.82) is 0 Å². The maximum atomic E-state index is 13.6. The van der Waals surface area contributed by atoms with Crippen LogP contribution in [0.2, 0.25) is 5.02 Å². The molecule has 0 unspecified atom stereocenters. The highest BCUT2D eigenvalue weighted by molar-refractivity contribution is 7.90. The van der Waals surface area contributed by atoms with Crippen LogP contribution in [0.4, 0.5) is 5.69 Å². The average molecular weight is 699 g/mol. The van der Waals surface area contributed by atoms with Gasteiger partial charge in [-0.1, -0.05) is 69.0 Å². The lowest BCUT2D eigenvalue weighted by atomic mass is 9.70. The summed E-state index contributed by atoms with van der Waals surface area (Å²) < 4.78 is 35.8. The monoisotopic (exact) mass is 698 g/mol. The van der Waals surface area contributed by atoms with Crippen LogP contribution in [0.3, 0.4) is 0 Å². The summed E-state index contributed by atoms with van der Waals surface area (Å²) in [5.41, 5.74) is 3.27. The van der Waals surface area contributed by atoms with Crippen molar-refractivity contribution in [1.82, 2.24) is 4.72 Å². The predicted molar refractivity (Wildman–Crippen MR) is 197 cm³/mol.